The summed E-state index contributed by atoms with van der Waals surface area (Å²) in [4.78, 5) is 10.5. The summed E-state index contributed by atoms with van der Waals surface area (Å²) < 4.78 is 0. The zero-order chi connectivity index (χ0) is 10.1. The molecule has 1 atom stereocenters. The van der Waals surface area contributed by atoms with Crippen LogP contribution in [0.15, 0.2) is 0 Å². The molecule has 0 fully saturated rings. The van der Waals surface area contributed by atoms with Gasteiger partial charge < -0.3 is 9.90 Å². The van der Waals surface area contributed by atoms with Crippen molar-refractivity contribution < 1.29 is 61.3 Å². The number of carbonyl (C=O) groups excluding carboxylic acids is 1. The van der Waals surface area contributed by atoms with Gasteiger partial charge in [-0.15, -0.1) is 0 Å². The van der Waals surface area contributed by atoms with E-state index >= 15 is 0 Å². The van der Waals surface area contributed by atoms with Crippen molar-refractivity contribution in [1.29, 1.82) is 0 Å². The molecule has 0 rings (SSSR count). The van der Waals surface area contributed by atoms with E-state index in [1.54, 1.807) is 0 Å². The van der Waals surface area contributed by atoms with Crippen molar-refractivity contribution in [2.75, 3.05) is 0 Å². The fourth-order valence-electron chi connectivity index (χ4n) is 1.48. The van der Waals surface area contributed by atoms with Gasteiger partial charge in [0, 0.05) is 5.97 Å². The Kier molecular flexibility index (Phi) is 15.2. The number of carboxylic acids is 1. The van der Waals surface area contributed by atoms with Crippen molar-refractivity contribution in [3.05, 3.63) is 0 Å². The van der Waals surface area contributed by atoms with Crippen LogP contribution >= 0.6 is 0 Å². The topological polar surface area (TPSA) is 40.1 Å². The van der Waals surface area contributed by atoms with Gasteiger partial charge in [-0.05, 0) is 18.8 Å². The van der Waals surface area contributed by atoms with Crippen LogP contribution in [0, 0.1) is 5.92 Å². The molecule has 0 spiro atoms. The molecule has 14 heavy (non-hydrogen) atoms. The largest absolute Gasteiger partial charge is 1.00 e. The van der Waals surface area contributed by atoms with Crippen molar-refractivity contribution in [3.8, 4) is 0 Å². The second kappa shape index (κ2) is 12.2. The molecular formula is C11H21KO2. The maximum Gasteiger partial charge on any atom is 1.00 e. The molecule has 0 aromatic carbocycles. The van der Waals surface area contributed by atoms with Crippen LogP contribution in [0.25, 0.3) is 0 Å². The minimum Gasteiger partial charge on any atom is -0.550 e. The Morgan fingerprint density at radius 2 is 1.71 bits per heavy atom. The summed E-state index contributed by atoms with van der Waals surface area (Å²) in [5.41, 5.74) is 0. The minimum atomic E-state index is -0.877. The first-order valence-corrected chi connectivity index (χ1v) is 5.43. The van der Waals surface area contributed by atoms with Crippen molar-refractivity contribution in [2.24, 2.45) is 5.92 Å². The SMILES string of the molecule is CCCCCCCC(CC)C(=O)[O-].[K+]. The average molecular weight is 224 g/mol. The summed E-state index contributed by atoms with van der Waals surface area (Å²) >= 11 is 0. The predicted octanol–water partition coefficient (Wildman–Crippen LogP) is -0.873. The van der Waals surface area contributed by atoms with Gasteiger partial charge in [-0.3, -0.25) is 0 Å². The van der Waals surface area contributed by atoms with Crippen molar-refractivity contribution in [1.82, 2.24) is 0 Å². The van der Waals surface area contributed by atoms with E-state index in [1.165, 1.54) is 19.3 Å². The molecular weight excluding hydrogens is 203 g/mol. The Hall–Kier alpha value is 1.11. The third-order valence-electron chi connectivity index (χ3n) is 2.48. The number of hydrogen-bond donors (Lipinski definition) is 0. The normalized spacial score (nSPS) is 11.9. The number of carbonyl (C=O) groups is 1. The molecule has 0 saturated carbocycles. The molecule has 78 valence electrons. The first kappa shape index (κ1) is 17.5. The van der Waals surface area contributed by atoms with E-state index < -0.39 is 5.97 Å². The summed E-state index contributed by atoms with van der Waals surface area (Å²) in [5.74, 6) is -1.10. The number of carboxylic acid groups (broad SMARTS) is 1. The second-order valence-electron chi connectivity index (χ2n) is 3.63. The Bertz CT molecular complexity index is 137. The van der Waals surface area contributed by atoms with Gasteiger partial charge >= 0.3 is 51.4 Å². The number of aliphatic carboxylic acids is 1. The van der Waals surface area contributed by atoms with Gasteiger partial charge in [-0.2, -0.15) is 0 Å². The van der Waals surface area contributed by atoms with Gasteiger partial charge in [-0.1, -0.05) is 46.0 Å². The van der Waals surface area contributed by atoms with Crippen molar-refractivity contribution in [3.63, 3.8) is 0 Å². The van der Waals surface area contributed by atoms with Crippen LogP contribution in [0.2, 0.25) is 0 Å². The van der Waals surface area contributed by atoms with E-state index in [0.717, 1.165) is 19.3 Å². The molecule has 0 aliphatic heterocycles. The third kappa shape index (κ3) is 9.65. The van der Waals surface area contributed by atoms with Crippen LogP contribution in [0.1, 0.15) is 58.8 Å². The van der Waals surface area contributed by atoms with Crippen molar-refractivity contribution >= 4 is 5.97 Å². The van der Waals surface area contributed by atoms with E-state index in [2.05, 4.69) is 6.92 Å². The van der Waals surface area contributed by atoms with Gasteiger partial charge in [0.05, 0.1) is 0 Å². The van der Waals surface area contributed by atoms with Gasteiger partial charge in [0.15, 0.2) is 0 Å². The molecule has 0 saturated heterocycles. The van der Waals surface area contributed by atoms with Crippen LogP contribution < -0.4 is 56.5 Å². The second-order valence-corrected chi connectivity index (χ2v) is 3.63. The molecule has 0 heterocycles. The van der Waals surface area contributed by atoms with E-state index in [1.807, 2.05) is 6.92 Å². The summed E-state index contributed by atoms with van der Waals surface area (Å²) in [6.07, 6.45) is 7.43. The van der Waals surface area contributed by atoms with Gasteiger partial charge in [-0.25, -0.2) is 0 Å². The van der Waals surface area contributed by atoms with Crippen LogP contribution in [0.4, 0.5) is 0 Å². The summed E-state index contributed by atoms with van der Waals surface area (Å²) in [6, 6.07) is 0. The molecule has 0 bridgehead atoms. The standard InChI is InChI=1S/C11H22O2.K/c1-3-5-6-7-8-9-10(4-2)11(12)13;/h10H,3-9H2,1-2H3,(H,12,13);/q;+1/p-1. The summed E-state index contributed by atoms with van der Waals surface area (Å²) in [6.45, 7) is 4.09. The monoisotopic (exact) mass is 224 g/mol. The quantitative estimate of drug-likeness (QED) is 0.397. The van der Waals surface area contributed by atoms with Crippen LogP contribution in [-0.4, -0.2) is 5.97 Å². The van der Waals surface area contributed by atoms with Gasteiger partial charge in [0.1, 0.15) is 0 Å². The minimum absolute atomic E-state index is 0. The van der Waals surface area contributed by atoms with E-state index in [-0.39, 0.29) is 57.3 Å². The Morgan fingerprint density at radius 1 is 1.14 bits per heavy atom. The Labute approximate surface area is 130 Å². The number of rotatable bonds is 8. The molecule has 3 heteroatoms. The van der Waals surface area contributed by atoms with E-state index in [0.29, 0.717) is 6.42 Å². The average Bonchev–Trinajstić information content (AvgIpc) is 2.10. The summed E-state index contributed by atoms with van der Waals surface area (Å²) in [5, 5.41) is 10.5. The maximum atomic E-state index is 10.5. The summed E-state index contributed by atoms with van der Waals surface area (Å²) in [7, 11) is 0. The van der Waals surface area contributed by atoms with E-state index in [4.69, 9.17) is 0 Å². The molecule has 1 unspecified atom stereocenters. The molecule has 0 aliphatic rings. The Morgan fingerprint density at radius 3 is 2.14 bits per heavy atom. The van der Waals surface area contributed by atoms with Gasteiger partial charge in [0.2, 0.25) is 0 Å². The van der Waals surface area contributed by atoms with Crippen LogP contribution in [0.3, 0.4) is 0 Å². The number of hydrogen-bond acceptors (Lipinski definition) is 2. The fourth-order valence-corrected chi connectivity index (χ4v) is 1.48. The molecule has 0 aliphatic carbocycles. The van der Waals surface area contributed by atoms with Crippen molar-refractivity contribution in [2.45, 2.75) is 58.8 Å². The Balaban J connectivity index is 0. The first-order chi connectivity index (χ1) is 6.22. The fraction of sp³-hybridized carbons (Fsp3) is 0.909. The molecule has 2 nitrogen and oxygen atoms in total. The zero-order valence-corrected chi connectivity index (χ0v) is 13.0. The maximum absolute atomic E-state index is 10.5. The molecule has 0 N–H and O–H groups in total. The number of unbranched alkanes of at least 4 members (excludes halogenated alkanes) is 4. The smallest absolute Gasteiger partial charge is 0.550 e. The van der Waals surface area contributed by atoms with Gasteiger partial charge in [0.25, 0.3) is 0 Å². The molecule has 0 radical (unpaired) electrons. The molecule has 0 amide bonds. The van der Waals surface area contributed by atoms with Crippen LogP contribution in [-0.2, 0) is 4.79 Å². The first-order valence-electron chi connectivity index (χ1n) is 5.43. The molecule has 0 aromatic heterocycles. The molecule has 0 aromatic rings. The predicted molar refractivity (Wildman–Crippen MR) is 52.2 cm³/mol. The van der Waals surface area contributed by atoms with E-state index in [9.17, 15) is 9.90 Å². The zero-order valence-electron chi connectivity index (χ0n) is 9.84. The van der Waals surface area contributed by atoms with Crippen LogP contribution in [0.5, 0.6) is 0 Å². The third-order valence-corrected chi connectivity index (χ3v) is 2.48.